The number of unbranched alkanes of at least 4 members (excludes halogenated alkanes) is 14. The largest absolute Gasteiger partial charge is 0.504 e. The third-order valence-corrected chi connectivity index (χ3v) is 7.46. The van der Waals surface area contributed by atoms with Gasteiger partial charge in [0, 0.05) is 0 Å². The third-order valence-electron chi connectivity index (χ3n) is 7.46. The van der Waals surface area contributed by atoms with Crippen LogP contribution in [0.25, 0.3) is 12.2 Å². The van der Waals surface area contributed by atoms with Gasteiger partial charge in [-0.2, -0.15) is 0 Å². The van der Waals surface area contributed by atoms with Crippen LogP contribution in [0.1, 0.15) is 121 Å². The summed E-state index contributed by atoms with van der Waals surface area (Å²) in [6.45, 7) is 2.80. The Balaban J connectivity index is 1.60. The van der Waals surface area contributed by atoms with E-state index in [0.29, 0.717) is 29.2 Å². The second-order valence-corrected chi connectivity index (χ2v) is 11.2. The fourth-order valence-corrected chi connectivity index (χ4v) is 4.87. The number of allylic oxidation sites excluding steroid dienone is 2. The lowest BCUT2D eigenvalue weighted by Gasteiger charge is -2.09. The van der Waals surface area contributed by atoms with Crippen LogP contribution < -0.4 is 9.47 Å². The van der Waals surface area contributed by atoms with Gasteiger partial charge in [0.2, 0.25) is 0 Å². The number of carbonyl (C=O) groups is 2. The molecule has 0 unspecified atom stereocenters. The van der Waals surface area contributed by atoms with Crippen LogP contribution in [-0.2, 0) is 9.59 Å². The maximum absolute atomic E-state index is 12.3. The summed E-state index contributed by atoms with van der Waals surface area (Å²) in [5, 5.41) is 19.8. The molecule has 6 nitrogen and oxygen atoms in total. The average Bonchev–Trinajstić information content (AvgIpc) is 3.00. The highest BCUT2D eigenvalue weighted by Crippen LogP contribution is 2.28. The predicted molar refractivity (Wildman–Crippen MR) is 176 cm³/mol. The Labute approximate surface area is 258 Å². The molecule has 0 fully saturated rings. The molecule has 0 aliphatic carbocycles. The van der Waals surface area contributed by atoms with E-state index in [4.69, 9.17) is 9.47 Å². The van der Waals surface area contributed by atoms with Crippen LogP contribution in [0.5, 0.6) is 23.0 Å². The Hall–Kier alpha value is -3.54. The van der Waals surface area contributed by atoms with Gasteiger partial charge in [-0.1, -0.05) is 121 Å². The van der Waals surface area contributed by atoms with Gasteiger partial charge in [-0.15, -0.1) is 0 Å². The fourth-order valence-electron chi connectivity index (χ4n) is 4.87. The maximum atomic E-state index is 12.3. The first-order valence-corrected chi connectivity index (χ1v) is 16.2. The normalized spacial score (nSPS) is 11.4. The van der Waals surface area contributed by atoms with Crippen molar-refractivity contribution in [3.63, 3.8) is 0 Å². The summed E-state index contributed by atoms with van der Waals surface area (Å²) in [6.07, 6.45) is 25.2. The van der Waals surface area contributed by atoms with Crippen molar-refractivity contribution in [3.05, 3.63) is 59.7 Å². The molecule has 236 valence electrons. The average molecular weight is 593 g/mol. The summed E-state index contributed by atoms with van der Waals surface area (Å²) in [5.74, 6) is 0.116. The minimum atomic E-state index is -0.333. The van der Waals surface area contributed by atoms with Gasteiger partial charge in [0.05, 0.1) is 20.1 Å². The van der Waals surface area contributed by atoms with Gasteiger partial charge in [0.1, 0.15) is 0 Å². The van der Waals surface area contributed by atoms with Crippen LogP contribution in [-0.4, -0.2) is 35.5 Å². The zero-order valence-corrected chi connectivity index (χ0v) is 26.3. The zero-order valence-electron chi connectivity index (χ0n) is 26.3. The first-order chi connectivity index (χ1) is 20.9. The van der Waals surface area contributed by atoms with Crippen molar-refractivity contribution in [2.24, 2.45) is 0 Å². The molecule has 0 spiro atoms. The number of ether oxygens (including phenoxy) is 2. The SMILES string of the molecule is CCCCCCCCCCCCCCCCCOc1cc(/C=C/C(=O)CC(=O)/C=C/c2ccc(O)c(OC)c2)ccc1O. The molecule has 2 N–H and O–H groups in total. The minimum Gasteiger partial charge on any atom is -0.504 e. The highest BCUT2D eigenvalue weighted by atomic mass is 16.5. The number of hydrogen-bond acceptors (Lipinski definition) is 6. The van der Waals surface area contributed by atoms with Crippen LogP contribution in [0.4, 0.5) is 0 Å². The summed E-state index contributed by atoms with van der Waals surface area (Å²) in [5.41, 5.74) is 1.38. The van der Waals surface area contributed by atoms with Crippen molar-refractivity contribution >= 4 is 23.7 Å². The summed E-state index contributed by atoms with van der Waals surface area (Å²) in [6, 6.07) is 9.67. The molecule has 0 heterocycles. The molecule has 2 aromatic carbocycles. The van der Waals surface area contributed by atoms with Crippen molar-refractivity contribution < 1.29 is 29.3 Å². The van der Waals surface area contributed by atoms with Crippen molar-refractivity contribution in [1.82, 2.24) is 0 Å². The van der Waals surface area contributed by atoms with Crippen molar-refractivity contribution in [1.29, 1.82) is 0 Å². The molecule has 43 heavy (non-hydrogen) atoms. The molecule has 0 aliphatic rings. The van der Waals surface area contributed by atoms with E-state index in [0.717, 1.165) is 12.8 Å². The third kappa shape index (κ3) is 16.0. The summed E-state index contributed by atoms with van der Waals surface area (Å²) >= 11 is 0. The van der Waals surface area contributed by atoms with Crippen LogP contribution in [0, 0.1) is 0 Å². The van der Waals surface area contributed by atoms with Crippen molar-refractivity contribution in [2.45, 2.75) is 110 Å². The van der Waals surface area contributed by atoms with Gasteiger partial charge in [-0.3, -0.25) is 9.59 Å². The fraction of sp³-hybridized carbons (Fsp3) is 0.514. The molecule has 0 saturated heterocycles. The van der Waals surface area contributed by atoms with Crippen LogP contribution in [0.3, 0.4) is 0 Å². The first-order valence-electron chi connectivity index (χ1n) is 16.2. The highest BCUT2D eigenvalue weighted by Gasteiger charge is 2.07. The number of benzene rings is 2. The Kier molecular flexibility index (Phi) is 18.3. The number of phenols is 2. The number of carbonyl (C=O) groups excluding carboxylic acids is 2. The van der Waals surface area contributed by atoms with E-state index in [1.807, 2.05) is 0 Å². The second kappa shape index (κ2) is 22.1. The summed E-state index contributed by atoms with van der Waals surface area (Å²) in [7, 11) is 1.45. The molecule has 0 amide bonds. The zero-order chi connectivity index (χ0) is 31.1. The Morgan fingerprint density at radius 1 is 0.628 bits per heavy atom. The number of aromatic hydroxyl groups is 2. The van der Waals surface area contributed by atoms with E-state index in [1.54, 1.807) is 42.5 Å². The first kappa shape index (κ1) is 35.7. The van der Waals surface area contributed by atoms with Crippen LogP contribution in [0.15, 0.2) is 48.6 Å². The lowest BCUT2D eigenvalue weighted by Crippen LogP contribution is -2.02. The number of methoxy groups -OCH3 is 1. The van der Waals surface area contributed by atoms with E-state index >= 15 is 0 Å². The molecule has 2 rings (SSSR count). The van der Waals surface area contributed by atoms with Gasteiger partial charge in [-0.05, 0) is 54.0 Å². The van der Waals surface area contributed by atoms with E-state index in [9.17, 15) is 19.8 Å². The van der Waals surface area contributed by atoms with Crippen molar-refractivity contribution in [2.75, 3.05) is 13.7 Å². The lowest BCUT2D eigenvalue weighted by atomic mass is 10.0. The van der Waals surface area contributed by atoms with E-state index in [2.05, 4.69) is 6.92 Å². The van der Waals surface area contributed by atoms with E-state index < -0.39 is 0 Å². The molecule has 0 bridgehead atoms. The van der Waals surface area contributed by atoms with Gasteiger partial charge in [0.15, 0.2) is 34.6 Å². The number of phenolic OH excluding ortho intramolecular Hbond substituents is 2. The molecule has 0 aromatic heterocycles. The smallest absolute Gasteiger partial charge is 0.163 e. The molecule has 6 heteroatoms. The number of hydrogen-bond donors (Lipinski definition) is 2. The van der Waals surface area contributed by atoms with Crippen LogP contribution in [0.2, 0.25) is 0 Å². The molecule has 0 aliphatic heterocycles. The monoisotopic (exact) mass is 592 g/mol. The van der Waals surface area contributed by atoms with E-state index in [1.165, 1.54) is 109 Å². The molecular formula is C37H52O6. The Morgan fingerprint density at radius 2 is 1.05 bits per heavy atom. The minimum absolute atomic E-state index is 0.0131. The lowest BCUT2D eigenvalue weighted by molar-refractivity contribution is -0.121. The second-order valence-electron chi connectivity index (χ2n) is 11.2. The standard InChI is InChI=1S/C37H52O6/c1-3-4-5-6-7-8-9-10-11-12-13-14-15-16-17-26-43-37-28-31(21-25-35(37)41)19-23-33(39)29-32(38)22-18-30-20-24-34(40)36(27-30)42-2/h18-25,27-28,40-41H,3-17,26,29H2,1-2H3/b22-18+,23-19+. The van der Waals surface area contributed by atoms with Gasteiger partial charge < -0.3 is 19.7 Å². The Morgan fingerprint density at radius 3 is 1.51 bits per heavy atom. The molecule has 0 atom stereocenters. The van der Waals surface area contributed by atoms with Crippen molar-refractivity contribution in [3.8, 4) is 23.0 Å². The van der Waals surface area contributed by atoms with Gasteiger partial charge >= 0.3 is 0 Å². The van der Waals surface area contributed by atoms with Gasteiger partial charge in [-0.25, -0.2) is 0 Å². The van der Waals surface area contributed by atoms with Gasteiger partial charge in [0.25, 0.3) is 0 Å². The predicted octanol–water partition coefficient (Wildman–Crippen LogP) is 9.61. The number of rotatable bonds is 24. The molecular weight excluding hydrogens is 540 g/mol. The maximum Gasteiger partial charge on any atom is 0.163 e. The quantitative estimate of drug-likeness (QED) is 0.0716. The summed E-state index contributed by atoms with van der Waals surface area (Å²) in [4.78, 5) is 24.5. The van der Waals surface area contributed by atoms with E-state index in [-0.39, 0.29) is 29.5 Å². The Bertz CT molecular complexity index is 1150. The molecule has 0 saturated carbocycles. The molecule has 2 aromatic rings. The number of ketones is 2. The summed E-state index contributed by atoms with van der Waals surface area (Å²) < 4.78 is 10.9. The molecule has 0 radical (unpaired) electrons. The van der Waals surface area contributed by atoms with Crippen LogP contribution >= 0.6 is 0 Å². The highest BCUT2D eigenvalue weighted by molar-refractivity contribution is 6.10. The topological polar surface area (TPSA) is 93.1 Å².